The predicted octanol–water partition coefficient (Wildman–Crippen LogP) is 4.16. The van der Waals surface area contributed by atoms with E-state index >= 15 is 0 Å². The van der Waals surface area contributed by atoms with Gasteiger partial charge in [0.05, 0.1) is 0 Å². The van der Waals surface area contributed by atoms with Gasteiger partial charge < -0.3 is 0 Å². The molecule has 1 atom stereocenters. The van der Waals surface area contributed by atoms with E-state index in [2.05, 4.69) is 13.8 Å². The number of halogens is 3. The van der Waals surface area contributed by atoms with Crippen LogP contribution in [-0.2, 0) is 6.42 Å². The van der Waals surface area contributed by atoms with Crippen molar-refractivity contribution in [3.05, 3.63) is 35.4 Å². The first-order valence-electron chi connectivity index (χ1n) is 5.07. The Morgan fingerprint density at radius 1 is 1.27 bits per heavy atom. The second-order valence-electron chi connectivity index (χ2n) is 4.14. The fraction of sp³-hybridized carbons (Fsp3) is 0.500. The molecule has 1 aromatic carbocycles. The predicted molar refractivity (Wildman–Crippen MR) is 59.2 cm³/mol. The molecule has 1 rings (SSSR count). The topological polar surface area (TPSA) is 0 Å². The molecule has 84 valence electrons. The lowest BCUT2D eigenvalue weighted by molar-refractivity contribution is 0.491. The maximum absolute atomic E-state index is 13.3. The minimum Gasteiger partial charge on any atom is -0.204 e. The first-order chi connectivity index (χ1) is 7.00. The van der Waals surface area contributed by atoms with Gasteiger partial charge in [0, 0.05) is 5.38 Å². The van der Waals surface area contributed by atoms with E-state index in [4.69, 9.17) is 11.6 Å². The first kappa shape index (κ1) is 12.4. The zero-order valence-electron chi connectivity index (χ0n) is 8.93. The van der Waals surface area contributed by atoms with E-state index in [0.717, 1.165) is 12.5 Å². The number of hydrogen-bond donors (Lipinski definition) is 0. The Labute approximate surface area is 94.3 Å². The smallest absolute Gasteiger partial charge is 0.162 e. The van der Waals surface area contributed by atoms with Crippen LogP contribution in [0.15, 0.2) is 18.2 Å². The van der Waals surface area contributed by atoms with Gasteiger partial charge in [0.15, 0.2) is 11.6 Å². The lowest BCUT2D eigenvalue weighted by Crippen LogP contribution is -2.09. The Morgan fingerprint density at radius 2 is 1.93 bits per heavy atom. The molecule has 0 saturated heterocycles. The molecule has 0 spiro atoms. The molecule has 0 amide bonds. The zero-order valence-corrected chi connectivity index (χ0v) is 9.69. The van der Waals surface area contributed by atoms with Crippen LogP contribution in [0.4, 0.5) is 8.78 Å². The Morgan fingerprint density at radius 3 is 2.53 bits per heavy atom. The molecular formula is C12H15ClF2. The molecule has 0 nitrogen and oxygen atoms in total. The van der Waals surface area contributed by atoms with Crippen molar-refractivity contribution in [2.45, 2.75) is 32.1 Å². The number of rotatable bonds is 4. The molecule has 0 heterocycles. The molecule has 0 N–H and O–H groups in total. The standard InChI is InChI=1S/C12H15ClF2/c1-8(2)6-10(13)7-9-4-3-5-11(14)12(9)15/h3-5,8,10H,6-7H2,1-2H3. The van der Waals surface area contributed by atoms with Gasteiger partial charge in [-0.2, -0.15) is 0 Å². The van der Waals surface area contributed by atoms with Gasteiger partial charge in [0.1, 0.15) is 0 Å². The SMILES string of the molecule is CC(C)CC(Cl)Cc1cccc(F)c1F. The van der Waals surface area contributed by atoms with Crippen LogP contribution in [0.2, 0.25) is 0 Å². The molecule has 0 aliphatic heterocycles. The fourth-order valence-corrected chi connectivity index (χ4v) is 2.06. The number of alkyl halides is 1. The maximum atomic E-state index is 13.3. The Hall–Kier alpha value is -0.630. The van der Waals surface area contributed by atoms with Crippen molar-refractivity contribution in [1.29, 1.82) is 0 Å². The average Bonchev–Trinajstić information content (AvgIpc) is 2.11. The van der Waals surface area contributed by atoms with Gasteiger partial charge in [-0.25, -0.2) is 8.78 Å². The van der Waals surface area contributed by atoms with Crippen molar-refractivity contribution in [3.63, 3.8) is 0 Å². The molecule has 0 aromatic heterocycles. The molecule has 3 heteroatoms. The van der Waals surface area contributed by atoms with E-state index < -0.39 is 11.6 Å². The van der Waals surface area contributed by atoms with Crippen LogP contribution in [0.5, 0.6) is 0 Å². The molecule has 1 aromatic rings. The van der Waals surface area contributed by atoms with Gasteiger partial charge >= 0.3 is 0 Å². The summed E-state index contributed by atoms with van der Waals surface area (Å²) in [7, 11) is 0. The van der Waals surface area contributed by atoms with Crippen molar-refractivity contribution >= 4 is 11.6 Å². The highest BCUT2D eigenvalue weighted by Crippen LogP contribution is 2.19. The molecule has 0 aliphatic rings. The highest BCUT2D eigenvalue weighted by Gasteiger charge is 2.13. The van der Waals surface area contributed by atoms with Crippen LogP contribution >= 0.6 is 11.6 Å². The average molecular weight is 233 g/mol. The highest BCUT2D eigenvalue weighted by atomic mass is 35.5. The summed E-state index contributed by atoms with van der Waals surface area (Å²) in [6.07, 6.45) is 1.18. The van der Waals surface area contributed by atoms with Crippen LogP contribution in [0.25, 0.3) is 0 Å². The van der Waals surface area contributed by atoms with Crippen LogP contribution in [0.3, 0.4) is 0 Å². The Kier molecular flexibility index (Phi) is 4.52. The third-order valence-electron chi connectivity index (χ3n) is 2.20. The van der Waals surface area contributed by atoms with Crippen molar-refractivity contribution < 1.29 is 8.78 Å². The van der Waals surface area contributed by atoms with E-state index in [1.807, 2.05) is 0 Å². The zero-order chi connectivity index (χ0) is 11.4. The monoisotopic (exact) mass is 232 g/mol. The van der Waals surface area contributed by atoms with E-state index in [1.165, 1.54) is 6.07 Å². The molecule has 0 bridgehead atoms. The van der Waals surface area contributed by atoms with Crippen LogP contribution in [-0.4, -0.2) is 5.38 Å². The molecule has 1 unspecified atom stereocenters. The van der Waals surface area contributed by atoms with Gasteiger partial charge in [-0.3, -0.25) is 0 Å². The summed E-state index contributed by atoms with van der Waals surface area (Å²) >= 11 is 6.05. The summed E-state index contributed by atoms with van der Waals surface area (Å²) in [6, 6.07) is 4.20. The minimum absolute atomic E-state index is 0.138. The summed E-state index contributed by atoms with van der Waals surface area (Å²) in [6.45, 7) is 4.11. The summed E-state index contributed by atoms with van der Waals surface area (Å²) < 4.78 is 26.1. The van der Waals surface area contributed by atoms with Crippen molar-refractivity contribution in [2.24, 2.45) is 5.92 Å². The highest BCUT2D eigenvalue weighted by molar-refractivity contribution is 6.20. The van der Waals surface area contributed by atoms with Crippen LogP contribution < -0.4 is 0 Å². The molecule has 0 radical (unpaired) electrons. The maximum Gasteiger partial charge on any atom is 0.162 e. The minimum atomic E-state index is -0.805. The third kappa shape index (κ3) is 3.78. The summed E-state index contributed by atoms with van der Waals surface area (Å²) in [4.78, 5) is 0. The quantitative estimate of drug-likeness (QED) is 0.684. The second kappa shape index (κ2) is 5.45. The van der Waals surface area contributed by atoms with E-state index in [9.17, 15) is 8.78 Å². The molecule has 0 saturated carbocycles. The van der Waals surface area contributed by atoms with Crippen molar-refractivity contribution in [3.8, 4) is 0 Å². The van der Waals surface area contributed by atoms with Crippen LogP contribution in [0.1, 0.15) is 25.8 Å². The van der Waals surface area contributed by atoms with Gasteiger partial charge in [-0.1, -0.05) is 26.0 Å². The third-order valence-corrected chi connectivity index (χ3v) is 2.53. The summed E-state index contributed by atoms with van der Waals surface area (Å²) in [5.41, 5.74) is 0.357. The first-order valence-corrected chi connectivity index (χ1v) is 5.51. The van der Waals surface area contributed by atoms with Crippen LogP contribution in [0, 0.1) is 17.6 Å². The lowest BCUT2D eigenvalue weighted by Gasteiger charge is -2.12. The molecule has 15 heavy (non-hydrogen) atoms. The summed E-state index contributed by atoms with van der Waals surface area (Å²) in [5.74, 6) is -1.11. The number of benzene rings is 1. The van der Waals surface area contributed by atoms with E-state index in [-0.39, 0.29) is 5.38 Å². The van der Waals surface area contributed by atoms with E-state index in [1.54, 1.807) is 6.07 Å². The van der Waals surface area contributed by atoms with Gasteiger partial charge in [0.25, 0.3) is 0 Å². The van der Waals surface area contributed by atoms with Crippen molar-refractivity contribution in [2.75, 3.05) is 0 Å². The Balaban J connectivity index is 2.68. The summed E-state index contributed by atoms with van der Waals surface area (Å²) in [5, 5.41) is -0.138. The molecule has 0 aliphatic carbocycles. The van der Waals surface area contributed by atoms with Crippen molar-refractivity contribution in [1.82, 2.24) is 0 Å². The fourth-order valence-electron chi connectivity index (χ4n) is 1.54. The largest absolute Gasteiger partial charge is 0.204 e. The molecule has 0 fully saturated rings. The number of hydrogen-bond acceptors (Lipinski definition) is 0. The normalized spacial score (nSPS) is 13.2. The van der Waals surface area contributed by atoms with Gasteiger partial charge in [-0.05, 0) is 30.4 Å². The lowest BCUT2D eigenvalue weighted by atomic mass is 10.0. The second-order valence-corrected chi connectivity index (χ2v) is 4.76. The van der Waals surface area contributed by atoms with Gasteiger partial charge in [-0.15, -0.1) is 11.6 Å². The van der Waals surface area contributed by atoms with E-state index in [0.29, 0.717) is 17.9 Å². The van der Waals surface area contributed by atoms with Gasteiger partial charge in [0.2, 0.25) is 0 Å². The Bertz CT molecular complexity index is 323. The molecular weight excluding hydrogens is 218 g/mol.